The fourth-order valence-electron chi connectivity index (χ4n) is 4.27. The first-order valence-corrected chi connectivity index (χ1v) is 10.4. The molecule has 1 amide bonds. The third-order valence-corrected chi connectivity index (χ3v) is 6.16. The highest BCUT2D eigenvalue weighted by Gasteiger charge is 2.31. The summed E-state index contributed by atoms with van der Waals surface area (Å²) in [5.74, 6) is 1.15. The van der Waals surface area contributed by atoms with Crippen molar-refractivity contribution < 1.29 is 4.79 Å². The predicted octanol–water partition coefficient (Wildman–Crippen LogP) is 3.61. The maximum absolute atomic E-state index is 13.4. The molecule has 0 bridgehead atoms. The van der Waals surface area contributed by atoms with E-state index in [2.05, 4.69) is 54.0 Å². The Morgan fingerprint density at radius 2 is 1.78 bits per heavy atom. The van der Waals surface area contributed by atoms with Crippen molar-refractivity contribution in [1.29, 1.82) is 0 Å². The van der Waals surface area contributed by atoms with Gasteiger partial charge in [0.25, 0.3) is 0 Å². The highest BCUT2D eigenvalue weighted by molar-refractivity contribution is 6.05. The highest BCUT2D eigenvalue weighted by Crippen LogP contribution is 2.30. The zero-order valence-corrected chi connectivity index (χ0v) is 16.6. The topological polar surface area (TPSA) is 26.8 Å². The van der Waals surface area contributed by atoms with Crippen molar-refractivity contribution >= 4 is 22.4 Å². The summed E-state index contributed by atoms with van der Waals surface area (Å²) in [5, 5.41) is 2.33. The zero-order valence-electron chi connectivity index (χ0n) is 16.6. The number of anilines is 1. The van der Waals surface area contributed by atoms with E-state index in [1.165, 1.54) is 24.8 Å². The summed E-state index contributed by atoms with van der Waals surface area (Å²) in [4.78, 5) is 20.3. The Hall–Kier alpha value is -1.91. The fraction of sp³-hybridized carbons (Fsp3) is 0.522. The molecular weight excluding hydrogens is 334 g/mol. The number of likely N-dealkylation sites (N-methyl/N-ethyl adjacent to an activating group) is 1. The van der Waals surface area contributed by atoms with Crippen LogP contribution in [-0.2, 0) is 4.79 Å². The average Bonchev–Trinajstić information content (AvgIpc) is 3.53. The quantitative estimate of drug-likeness (QED) is 0.782. The molecule has 2 aliphatic rings. The SMILES string of the molecule is CCN(C(=O)C(C)N1CCN(CC2CC2)CC1)c1cccc2ccccc12. The fourth-order valence-corrected chi connectivity index (χ4v) is 4.27. The summed E-state index contributed by atoms with van der Waals surface area (Å²) in [6, 6.07) is 14.5. The van der Waals surface area contributed by atoms with Crippen molar-refractivity contribution in [2.45, 2.75) is 32.7 Å². The maximum atomic E-state index is 13.4. The lowest BCUT2D eigenvalue weighted by molar-refractivity contribution is -0.123. The molecule has 2 aromatic rings. The Morgan fingerprint density at radius 3 is 2.48 bits per heavy atom. The third-order valence-electron chi connectivity index (χ3n) is 6.16. The second-order valence-corrected chi connectivity index (χ2v) is 8.04. The predicted molar refractivity (Wildman–Crippen MR) is 112 cm³/mol. The molecule has 1 saturated heterocycles. The zero-order chi connectivity index (χ0) is 18.8. The van der Waals surface area contributed by atoms with Crippen LogP contribution in [0.4, 0.5) is 5.69 Å². The number of carbonyl (C=O) groups excluding carboxylic acids is 1. The van der Waals surface area contributed by atoms with Gasteiger partial charge in [-0.05, 0) is 44.1 Å². The average molecular weight is 366 g/mol. The summed E-state index contributed by atoms with van der Waals surface area (Å²) < 4.78 is 0. The van der Waals surface area contributed by atoms with Crippen molar-refractivity contribution in [3.63, 3.8) is 0 Å². The lowest BCUT2D eigenvalue weighted by atomic mass is 10.1. The number of piperazine rings is 1. The van der Waals surface area contributed by atoms with Crippen LogP contribution in [0.2, 0.25) is 0 Å². The molecule has 2 aromatic carbocycles. The summed E-state index contributed by atoms with van der Waals surface area (Å²) >= 11 is 0. The smallest absolute Gasteiger partial charge is 0.244 e. The van der Waals surface area contributed by atoms with Crippen LogP contribution in [0.5, 0.6) is 0 Å². The van der Waals surface area contributed by atoms with Gasteiger partial charge in [-0.3, -0.25) is 9.69 Å². The van der Waals surface area contributed by atoms with E-state index in [0.717, 1.165) is 43.2 Å². The van der Waals surface area contributed by atoms with Gasteiger partial charge in [-0.25, -0.2) is 0 Å². The second-order valence-electron chi connectivity index (χ2n) is 8.04. The lowest BCUT2D eigenvalue weighted by Crippen LogP contribution is -2.54. The molecule has 0 N–H and O–H groups in total. The molecule has 1 atom stereocenters. The standard InChI is InChI=1S/C23H31N3O/c1-3-26(22-10-6-8-20-7-4-5-9-21(20)22)23(27)18(2)25-15-13-24(14-16-25)17-19-11-12-19/h4-10,18-19H,3,11-17H2,1-2H3. The minimum absolute atomic E-state index is 0.0769. The molecule has 144 valence electrons. The van der Waals surface area contributed by atoms with Crippen molar-refractivity contribution in [3.05, 3.63) is 42.5 Å². The molecule has 4 nitrogen and oxygen atoms in total. The van der Waals surface area contributed by atoms with E-state index in [4.69, 9.17) is 0 Å². The highest BCUT2D eigenvalue weighted by atomic mass is 16.2. The first-order chi connectivity index (χ1) is 13.2. The summed E-state index contributed by atoms with van der Waals surface area (Å²) in [6.07, 6.45) is 2.82. The van der Waals surface area contributed by atoms with Gasteiger partial charge in [-0.1, -0.05) is 36.4 Å². The number of rotatable bonds is 6. The van der Waals surface area contributed by atoms with E-state index >= 15 is 0 Å². The molecule has 4 heteroatoms. The van der Waals surface area contributed by atoms with E-state index in [-0.39, 0.29) is 11.9 Å². The lowest BCUT2D eigenvalue weighted by Gasteiger charge is -2.39. The van der Waals surface area contributed by atoms with Gasteiger partial charge in [0, 0.05) is 44.7 Å². The first kappa shape index (κ1) is 18.5. The number of hydrogen-bond donors (Lipinski definition) is 0. The van der Waals surface area contributed by atoms with Crippen LogP contribution in [0.15, 0.2) is 42.5 Å². The van der Waals surface area contributed by atoms with Gasteiger partial charge in [0.15, 0.2) is 0 Å². The van der Waals surface area contributed by atoms with Gasteiger partial charge in [0.1, 0.15) is 0 Å². The van der Waals surface area contributed by atoms with E-state index in [9.17, 15) is 4.79 Å². The molecule has 4 rings (SSSR count). The number of hydrogen-bond acceptors (Lipinski definition) is 3. The van der Waals surface area contributed by atoms with Crippen LogP contribution >= 0.6 is 0 Å². The van der Waals surface area contributed by atoms with Crippen LogP contribution < -0.4 is 4.90 Å². The van der Waals surface area contributed by atoms with Gasteiger partial charge >= 0.3 is 0 Å². The molecule has 1 aliphatic carbocycles. The largest absolute Gasteiger partial charge is 0.311 e. The minimum Gasteiger partial charge on any atom is -0.311 e. The minimum atomic E-state index is -0.0769. The van der Waals surface area contributed by atoms with Crippen molar-refractivity contribution in [2.75, 3.05) is 44.2 Å². The molecule has 1 unspecified atom stereocenters. The molecule has 1 aliphatic heterocycles. The van der Waals surface area contributed by atoms with E-state index in [1.807, 2.05) is 17.0 Å². The summed E-state index contributed by atoms with van der Waals surface area (Å²) in [5.41, 5.74) is 1.03. The molecule has 1 heterocycles. The van der Waals surface area contributed by atoms with Gasteiger partial charge in [0.05, 0.1) is 11.7 Å². The van der Waals surface area contributed by atoms with Crippen molar-refractivity contribution in [2.24, 2.45) is 5.92 Å². The van der Waals surface area contributed by atoms with Gasteiger partial charge in [-0.2, -0.15) is 0 Å². The number of carbonyl (C=O) groups is 1. The molecule has 27 heavy (non-hydrogen) atoms. The number of amides is 1. The van der Waals surface area contributed by atoms with Gasteiger partial charge < -0.3 is 9.80 Å². The molecule has 2 fully saturated rings. The molecule has 0 aromatic heterocycles. The van der Waals surface area contributed by atoms with Crippen molar-refractivity contribution in [3.8, 4) is 0 Å². The molecule has 0 spiro atoms. The van der Waals surface area contributed by atoms with E-state index in [0.29, 0.717) is 6.54 Å². The van der Waals surface area contributed by atoms with E-state index < -0.39 is 0 Å². The third kappa shape index (κ3) is 4.02. The Kier molecular flexibility index (Phi) is 5.46. The van der Waals surface area contributed by atoms with Gasteiger partial charge in [-0.15, -0.1) is 0 Å². The van der Waals surface area contributed by atoms with E-state index in [1.54, 1.807) is 0 Å². The van der Waals surface area contributed by atoms with Crippen molar-refractivity contribution in [1.82, 2.24) is 9.80 Å². The maximum Gasteiger partial charge on any atom is 0.244 e. The normalized spacial score (nSPS) is 19.9. The monoisotopic (exact) mass is 365 g/mol. The Balaban J connectivity index is 1.46. The van der Waals surface area contributed by atoms with Crippen LogP contribution in [0.1, 0.15) is 26.7 Å². The second kappa shape index (κ2) is 7.99. The number of nitrogens with zero attached hydrogens (tertiary/aromatic N) is 3. The Labute approximate surface area is 162 Å². The van der Waals surface area contributed by atoms with Crippen LogP contribution in [0.3, 0.4) is 0 Å². The Morgan fingerprint density at radius 1 is 1.07 bits per heavy atom. The van der Waals surface area contributed by atoms with Crippen LogP contribution in [0.25, 0.3) is 10.8 Å². The van der Waals surface area contributed by atoms with Gasteiger partial charge in [0.2, 0.25) is 5.91 Å². The Bertz CT molecular complexity index is 788. The molecule has 1 saturated carbocycles. The number of fused-ring (bicyclic) bond motifs is 1. The van der Waals surface area contributed by atoms with Crippen LogP contribution in [-0.4, -0.2) is 61.0 Å². The van der Waals surface area contributed by atoms with Crippen LogP contribution in [0, 0.1) is 5.92 Å². The summed E-state index contributed by atoms with van der Waals surface area (Å²) in [6.45, 7) is 10.3. The first-order valence-electron chi connectivity index (χ1n) is 10.4. The summed E-state index contributed by atoms with van der Waals surface area (Å²) in [7, 11) is 0. The molecular formula is C23H31N3O. The molecule has 0 radical (unpaired) electrons. The number of benzene rings is 2.